The highest BCUT2D eigenvalue weighted by Gasteiger charge is 2.29. The van der Waals surface area contributed by atoms with E-state index in [1.54, 1.807) is 6.07 Å². The Hall–Kier alpha value is -1.70. The van der Waals surface area contributed by atoms with Gasteiger partial charge >= 0.3 is 0 Å². The molecule has 26 heavy (non-hydrogen) atoms. The number of rotatable bonds is 7. The van der Waals surface area contributed by atoms with E-state index in [0.29, 0.717) is 44.5 Å². The van der Waals surface area contributed by atoms with Crippen molar-refractivity contribution >= 4 is 27.5 Å². The normalized spacial score (nSPS) is 11.8. The molecule has 1 aromatic carbocycles. The Bertz CT molecular complexity index is 800. The third-order valence-electron chi connectivity index (χ3n) is 3.87. The van der Waals surface area contributed by atoms with Crippen molar-refractivity contribution in [3.05, 3.63) is 38.4 Å². The number of aromatic nitrogens is 1. The molecule has 142 valence electrons. The number of hydrogen-bond acceptors (Lipinski definition) is 6. The van der Waals surface area contributed by atoms with Crippen LogP contribution in [0.2, 0.25) is 5.02 Å². The van der Waals surface area contributed by atoms with E-state index in [4.69, 9.17) is 30.5 Å². The highest BCUT2D eigenvalue weighted by atomic mass is 79.9. The fourth-order valence-electron chi connectivity index (χ4n) is 2.74. The van der Waals surface area contributed by atoms with Gasteiger partial charge in [0.1, 0.15) is 6.10 Å². The molecule has 1 atom stereocenters. The third-order valence-corrected chi connectivity index (χ3v) is 5.24. The summed E-state index contributed by atoms with van der Waals surface area (Å²) in [6, 6.07) is 1.77. The van der Waals surface area contributed by atoms with E-state index in [-0.39, 0.29) is 5.88 Å². The molecule has 0 aliphatic carbocycles. The van der Waals surface area contributed by atoms with Crippen molar-refractivity contribution in [3.63, 3.8) is 0 Å². The molecule has 8 heteroatoms. The lowest BCUT2D eigenvalue weighted by molar-refractivity contribution is 0.201. The van der Waals surface area contributed by atoms with Crippen LogP contribution in [-0.2, 0) is 0 Å². The summed E-state index contributed by atoms with van der Waals surface area (Å²) in [5.41, 5.74) is 1.67. The Balaban J connectivity index is 2.75. The predicted molar refractivity (Wildman–Crippen MR) is 103 cm³/mol. The van der Waals surface area contributed by atoms with E-state index in [0.717, 1.165) is 5.56 Å². The summed E-state index contributed by atoms with van der Waals surface area (Å²) < 4.78 is 22.4. The highest BCUT2D eigenvalue weighted by molar-refractivity contribution is 9.10. The van der Waals surface area contributed by atoms with Crippen LogP contribution < -0.4 is 18.9 Å². The molecule has 0 fully saturated rings. The molecule has 1 unspecified atom stereocenters. The molecule has 0 aliphatic heterocycles. The third kappa shape index (κ3) is 3.70. The molecule has 2 aromatic rings. The molecule has 2 rings (SSSR count). The molecule has 1 aromatic heterocycles. The van der Waals surface area contributed by atoms with Crippen molar-refractivity contribution < 1.29 is 24.1 Å². The number of aliphatic hydroxyl groups excluding tert-OH is 1. The maximum atomic E-state index is 11.2. The van der Waals surface area contributed by atoms with E-state index >= 15 is 0 Å². The Labute approximate surface area is 166 Å². The Morgan fingerprint density at radius 2 is 1.81 bits per heavy atom. The molecule has 6 nitrogen and oxygen atoms in total. The number of benzene rings is 1. The van der Waals surface area contributed by atoms with Crippen LogP contribution in [0.25, 0.3) is 0 Å². The number of methoxy groups -OCH3 is 3. The zero-order valence-corrected chi connectivity index (χ0v) is 17.6. The second-order valence-corrected chi connectivity index (χ2v) is 6.55. The van der Waals surface area contributed by atoms with Crippen LogP contribution in [0.15, 0.2) is 16.7 Å². The average molecular weight is 447 g/mol. The largest absolute Gasteiger partial charge is 0.493 e. The van der Waals surface area contributed by atoms with Crippen LogP contribution in [0.4, 0.5) is 0 Å². The van der Waals surface area contributed by atoms with Crippen LogP contribution in [-0.4, -0.2) is 38.0 Å². The van der Waals surface area contributed by atoms with Gasteiger partial charge in [-0.3, -0.25) is 0 Å². The van der Waals surface area contributed by atoms with Crippen LogP contribution in [0.5, 0.6) is 23.1 Å². The summed E-state index contributed by atoms with van der Waals surface area (Å²) in [4.78, 5) is 4.20. The first-order chi connectivity index (χ1) is 12.4. The van der Waals surface area contributed by atoms with Gasteiger partial charge in [0, 0.05) is 10.0 Å². The van der Waals surface area contributed by atoms with Gasteiger partial charge < -0.3 is 24.1 Å². The van der Waals surface area contributed by atoms with Gasteiger partial charge in [-0.1, -0.05) is 11.6 Å². The van der Waals surface area contributed by atoms with Crippen molar-refractivity contribution in [2.24, 2.45) is 0 Å². The number of pyridine rings is 1. The van der Waals surface area contributed by atoms with Gasteiger partial charge in [-0.15, -0.1) is 0 Å². The summed E-state index contributed by atoms with van der Waals surface area (Å²) in [5, 5.41) is 11.6. The standard InChI is InChI=1S/C18H21BrClNO5/c1-6-26-18-13(14(19)10(20)8-21-18)15(22)12-9(2)7-11(23-3)16(24-4)17(12)25-5/h7-8,15,22H,6H2,1-5H3. The van der Waals surface area contributed by atoms with Crippen LogP contribution >= 0.6 is 27.5 Å². The van der Waals surface area contributed by atoms with E-state index in [2.05, 4.69) is 20.9 Å². The van der Waals surface area contributed by atoms with Gasteiger partial charge in [0.05, 0.1) is 44.7 Å². The number of ether oxygens (including phenoxy) is 4. The minimum Gasteiger partial charge on any atom is -0.493 e. The molecule has 1 N–H and O–H groups in total. The first-order valence-electron chi connectivity index (χ1n) is 7.85. The van der Waals surface area contributed by atoms with E-state index in [1.165, 1.54) is 27.5 Å². The van der Waals surface area contributed by atoms with E-state index in [9.17, 15) is 5.11 Å². The van der Waals surface area contributed by atoms with Gasteiger partial charge in [-0.25, -0.2) is 4.98 Å². The first-order valence-corrected chi connectivity index (χ1v) is 9.02. The molecular formula is C18H21BrClNO5. The summed E-state index contributed by atoms with van der Waals surface area (Å²) >= 11 is 9.61. The summed E-state index contributed by atoms with van der Waals surface area (Å²) in [6.07, 6.45) is 0.345. The molecule has 0 bridgehead atoms. The average Bonchev–Trinajstić information content (AvgIpc) is 2.63. The van der Waals surface area contributed by atoms with Crippen molar-refractivity contribution in [1.82, 2.24) is 4.98 Å². The van der Waals surface area contributed by atoms with Crippen molar-refractivity contribution in [1.29, 1.82) is 0 Å². The van der Waals surface area contributed by atoms with Gasteiger partial charge in [0.15, 0.2) is 11.5 Å². The highest BCUT2D eigenvalue weighted by Crippen LogP contribution is 2.48. The summed E-state index contributed by atoms with van der Waals surface area (Å²) in [7, 11) is 4.55. The molecule has 1 heterocycles. The fourth-order valence-corrected chi connectivity index (χ4v) is 3.38. The van der Waals surface area contributed by atoms with Gasteiger partial charge in [0.25, 0.3) is 0 Å². The molecular weight excluding hydrogens is 426 g/mol. The Morgan fingerprint density at radius 3 is 2.35 bits per heavy atom. The Morgan fingerprint density at radius 1 is 1.15 bits per heavy atom. The van der Waals surface area contributed by atoms with Crippen molar-refractivity contribution in [2.75, 3.05) is 27.9 Å². The van der Waals surface area contributed by atoms with Crippen LogP contribution in [0, 0.1) is 6.92 Å². The predicted octanol–water partition coefficient (Wildman–Crippen LogP) is 4.31. The molecule has 0 saturated carbocycles. The molecule has 0 saturated heterocycles. The SMILES string of the molecule is CCOc1ncc(Cl)c(Br)c1C(O)c1c(C)cc(OC)c(OC)c1OC. The monoisotopic (exact) mass is 445 g/mol. The van der Waals surface area contributed by atoms with E-state index in [1.807, 2.05) is 13.8 Å². The molecule has 0 spiro atoms. The number of halogens is 2. The zero-order chi connectivity index (χ0) is 19.4. The lowest BCUT2D eigenvalue weighted by atomic mass is 9.96. The van der Waals surface area contributed by atoms with Crippen molar-refractivity contribution in [2.45, 2.75) is 20.0 Å². The van der Waals surface area contributed by atoms with Crippen molar-refractivity contribution in [3.8, 4) is 23.1 Å². The molecule has 0 amide bonds. The second-order valence-electron chi connectivity index (χ2n) is 5.35. The van der Waals surface area contributed by atoms with E-state index < -0.39 is 6.10 Å². The first kappa shape index (κ1) is 20.6. The molecule has 0 radical (unpaired) electrons. The van der Waals surface area contributed by atoms with Crippen LogP contribution in [0.3, 0.4) is 0 Å². The van der Waals surface area contributed by atoms with Crippen LogP contribution in [0.1, 0.15) is 29.7 Å². The quantitative estimate of drug-likeness (QED) is 0.683. The number of aryl methyl sites for hydroxylation is 1. The minimum atomic E-state index is -1.12. The number of aliphatic hydroxyl groups is 1. The topological polar surface area (TPSA) is 70.0 Å². The number of nitrogens with zero attached hydrogens (tertiary/aromatic N) is 1. The maximum absolute atomic E-state index is 11.2. The van der Waals surface area contributed by atoms with Gasteiger partial charge in [0.2, 0.25) is 11.6 Å². The lowest BCUT2D eigenvalue weighted by Gasteiger charge is -2.23. The summed E-state index contributed by atoms with van der Waals surface area (Å²) in [5.74, 6) is 1.54. The second kappa shape index (κ2) is 8.79. The smallest absolute Gasteiger partial charge is 0.220 e. The lowest BCUT2D eigenvalue weighted by Crippen LogP contribution is -2.11. The van der Waals surface area contributed by atoms with Gasteiger partial charge in [-0.05, 0) is 41.4 Å². The molecule has 0 aliphatic rings. The van der Waals surface area contributed by atoms with Gasteiger partial charge in [-0.2, -0.15) is 0 Å². The minimum absolute atomic E-state index is 0.285. The summed E-state index contributed by atoms with van der Waals surface area (Å²) in [6.45, 7) is 4.07. The maximum Gasteiger partial charge on any atom is 0.220 e. The Kier molecular flexibility index (Phi) is 6.97. The zero-order valence-electron chi connectivity index (χ0n) is 15.2. The number of hydrogen-bond donors (Lipinski definition) is 1. The fraction of sp³-hybridized carbons (Fsp3) is 0.389.